The molecule has 3 heterocycles. The molecule has 7 rings (SSSR count). The van der Waals surface area contributed by atoms with E-state index in [-0.39, 0.29) is 6.17 Å². The third-order valence-electron chi connectivity index (χ3n) is 7.55. The Labute approximate surface area is 300 Å². The average molecular weight is 671 g/mol. The van der Waals surface area contributed by atoms with Gasteiger partial charge in [0.25, 0.3) is 0 Å². The maximum absolute atomic E-state index is 8.94. The van der Waals surface area contributed by atoms with E-state index in [2.05, 4.69) is 78.0 Å². The van der Waals surface area contributed by atoms with E-state index < -0.39 is 0 Å². The molecule has 0 spiro atoms. The van der Waals surface area contributed by atoms with Crippen molar-refractivity contribution in [3.05, 3.63) is 161 Å². The third-order valence-corrected chi connectivity index (χ3v) is 7.55. The number of rotatable bonds is 4. The Bertz CT molecular complexity index is 1670. The number of aryl methyl sites for hydroxylation is 4. The van der Waals surface area contributed by atoms with Crippen LogP contribution in [0.25, 0.3) is 5.57 Å². The summed E-state index contributed by atoms with van der Waals surface area (Å²) in [5.41, 5.74) is 9.24. The molecular weight excluding hydrogens is 617 g/mol. The number of aromatic hydroxyl groups is 2. The van der Waals surface area contributed by atoms with Crippen LogP contribution in [0.5, 0.6) is 11.5 Å². The van der Waals surface area contributed by atoms with E-state index in [9.17, 15) is 0 Å². The van der Waals surface area contributed by atoms with Gasteiger partial charge in [0.2, 0.25) is 0 Å². The molecule has 2 aromatic heterocycles. The van der Waals surface area contributed by atoms with Gasteiger partial charge in [-0.25, -0.2) is 0 Å². The van der Waals surface area contributed by atoms with Crippen molar-refractivity contribution in [2.24, 2.45) is 9.98 Å². The lowest BCUT2D eigenvalue weighted by molar-refractivity contribution is 0.474. The Morgan fingerprint density at radius 2 is 1.28 bits per heavy atom. The monoisotopic (exact) mass is 670 g/mol. The van der Waals surface area contributed by atoms with Gasteiger partial charge in [0.05, 0.1) is 0 Å². The Morgan fingerprint density at radius 3 is 1.74 bits per heavy atom. The molecule has 0 saturated heterocycles. The lowest BCUT2D eigenvalue weighted by Crippen LogP contribution is -1.90. The molecule has 3 aromatic carbocycles. The Hall–Kier alpha value is -5.36. The number of allylic oxidation sites excluding steroid dienone is 2. The number of nitrogens with zero attached hydrogens (tertiary/aromatic N) is 4. The standard InChI is InChI=1S/C11H12.C8H10O.C7H9N.C7H8O.C6H7N.C5H8N2/c1-2-9-7-8-10-5-3-4-6-11(9)10;1-2-7-4-3-5-8(9)6-7;1-2-7-5-3-4-6-8-7;1-6-2-4-7(8)5-3-6;1-6-2-4-7-5-3-6;1-2-5-6-3-4-7-5/h3-7H,2,8H2,1H3;3-6,9H,2H2,1H3;3-6H,2H2,1H3;2-5,8H,1H3;2-5H,1H3;3-5H,2H2,1H3. The molecule has 0 radical (unpaired) electrons. The Morgan fingerprint density at radius 1 is 0.620 bits per heavy atom. The lowest BCUT2D eigenvalue weighted by atomic mass is 10.0. The van der Waals surface area contributed by atoms with Crippen molar-refractivity contribution >= 4 is 18.0 Å². The van der Waals surface area contributed by atoms with Crippen LogP contribution < -0.4 is 0 Å². The first kappa shape index (κ1) is 40.8. The van der Waals surface area contributed by atoms with Crippen molar-refractivity contribution in [1.82, 2.24) is 9.97 Å². The molecule has 0 amide bonds. The first-order valence-electron chi connectivity index (χ1n) is 17.4. The van der Waals surface area contributed by atoms with Crippen LogP contribution in [0.2, 0.25) is 0 Å². The smallest absolute Gasteiger partial charge is 0.139 e. The fraction of sp³-hybridized carbons (Fsp3) is 0.273. The average Bonchev–Trinajstić information content (AvgIpc) is 3.85. The van der Waals surface area contributed by atoms with Crippen molar-refractivity contribution in [2.75, 3.05) is 0 Å². The number of benzene rings is 3. The van der Waals surface area contributed by atoms with E-state index >= 15 is 0 Å². The molecule has 6 nitrogen and oxygen atoms in total. The lowest BCUT2D eigenvalue weighted by Gasteiger charge is -2.00. The summed E-state index contributed by atoms with van der Waals surface area (Å²) in [6, 6.07) is 33.0. The Balaban J connectivity index is 0.000000210. The highest BCUT2D eigenvalue weighted by molar-refractivity contribution is 6.17. The van der Waals surface area contributed by atoms with Crippen molar-refractivity contribution in [3.8, 4) is 11.5 Å². The molecule has 0 saturated carbocycles. The zero-order valence-corrected chi connectivity index (χ0v) is 30.6. The van der Waals surface area contributed by atoms with Gasteiger partial charge in [-0.05, 0) is 122 Å². The third kappa shape index (κ3) is 17.2. The van der Waals surface area contributed by atoms with Crippen LogP contribution in [0, 0.1) is 13.8 Å². The van der Waals surface area contributed by atoms with E-state index in [4.69, 9.17) is 10.2 Å². The van der Waals surface area contributed by atoms with Gasteiger partial charge >= 0.3 is 0 Å². The van der Waals surface area contributed by atoms with Gasteiger partial charge in [-0.1, -0.05) is 93.9 Å². The highest BCUT2D eigenvalue weighted by Crippen LogP contribution is 2.28. The van der Waals surface area contributed by atoms with Crippen LogP contribution in [-0.4, -0.2) is 38.8 Å². The number of fused-ring (bicyclic) bond motifs is 1. The second-order valence-corrected chi connectivity index (χ2v) is 11.5. The van der Waals surface area contributed by atoms with Crippen molar-refractivity contribution in [3.63, 3.8) is 0 Å². The maximum Gasteiger partial charge on any atom is 0.139 e. The van der Waals surface area contributed by atoms with Crippen LogP contribution >= 0.6 is 0 Å². The normalized spacial score (nSPS) is 11.7. The quantitative estimate of drug-likeness (QED) is 0.199. The number of aromatic nitrogens is 2. The predicted octanol–water partition coefficient (Wildman–Crippen LogP) is 10.6. The minimum atomic E-state index is 0.236. The van der Waals surface area contributed by atoms with Crippen LogP contribution in [0.3, 0.4) is 0 Å². The molecule has 0 fully saturated rings. The first-order valence-corrected chi connectivity index (χ1v) is 17.4. The fourth-order valence-electron chi connectivity index (χ4n) is 4.57. The summed E-state index contributed by atoms with van der Waals surface area (Å²) >= 11 is 0. The summed E-state index contributed by atoms with van der Waals surface area (Å²) < 4.78 is 0. The summed E-state index contributed by atoms with van der Waals surface area (Å²) in [6.45, 7) is 12.5. The number of phenolic OH excluding ortho intramolecular Hbond substituents is 2. The van der Waals surface area contributed by atoms with E-state index in [0.29, 0.717) is 11.5 Å². The molecule has 2 aliphatic rings. The van der Waals surface area contributed by atoms with Crippen LogP contribution in [0.15, 0.2) is 138 Å². The molecule has 2 N–H and O–H groups in total. The highest BCUT2D eigenvalue weighted by atomic mass is 16.3. The van der Waals surface area contributed by atoms with Gasteiger partial charge in [-0.15, -0.1) is 0 Å². The number of pyridine rings is 2. The van der Waals surface area contributed by atoms with Gasteiger partial charge in [0.1, 0.15) is 17.7 Å². The molecule has 0 bridgehead atoms. The zero-order valence-electron chi connectivity index (χ0n) is 30.6. The van der Waals surface area contributed by atoms with Gasteiger partial charge in [-0.3, -0.25) is 20.0 Å². The Kier molecular flexibility index (Phi) is 20.2. The molecular formula is C44H54N4O2. The molecule has 1 aliphatic carbocycles. The first-order chi connectivity index (χ1) is 24.3. The molecule has 0 unspecified atom stereocenters. The number of hydrogen-bond donors (Lipinski definition) is 2. The summed E-state index contributed by atoms with van der Waals surface area (Å²) in [5, 5.41) is 17.7. The molecule has 262 valence electrons. The zero-order chi connectivity index (χ0) is 36.4. The summed E-state index contributed by atoms with van der Waals surface area (Å²) in [6.07, 6.45) is 16.8. The van der Waals surface area contributed by atoms with E-state index in [1.54, 1.807) is 49.1 Å². The molecule has 0 atom stereocenters. The maximum atomic E-state index is 8.94. The van der Waals surface area contributed by atoms with Gasteiger partial charge < -0.3 is 10.2 Å². The van der Waals surface area contributed by atoms with Crippen molar-refractivity contribution in [1.29, 1.82) is 0 Å². The second-order valence-electron chi connectivity index (χ2n) is 11.5. The predicted molar refractivity (Wildman–Crippen MR) is 212 cm³/mol. The SMILES string of the molecule is CCC1=CCc2ccccc21.CCC1N=CC=N1.CCc1cccc(O)c1.CCc1ccccn1.Cc1ccc(O)cc1.Cc1ccncc1. The number of hydrogen-bond acceptors (Lipinski definition) is 6. The molecule has 50 heavy (non-hydrogen) atoms. The van der Waals surface area contributed by atoms with Gasteiger partial charge in [0.15, 0.2) is 0 Å². The van der Waals surface area contributed by atoms with Crippen LogP contribution in [0.4, 0.5) is 0 Å². The number of aliphatic imine (C=N–C) groups is 2. The summed E-state index contributed by atoms with van der Waals surface area (Å²) in [5.74, 6) is 0.685. The van der Waals surface area contributed by atoms with E-state index in [1.165, 1.54) is 33.4 Å². The van der Waals surface area contributed by atoms with Crippen LogP contribution in [-0.2, 0) is 19.3 Å². The van der Waals surface area contributed by atoms with Gasteiger partial charge in [0, 0.05) is 36.7 Å². The number of phenols is 2. The highest BCUT2D eigenvalue weighted by Gasteiger charge is 2.10. The summed E-state index contributed by atoms with van der Waals surface area (Å²) in [7, 11) is 0. The fourth-order valence-corrected chi connectivity index (χ4v) is 4.57. The molecule has 5 aromatic rings. The second kappa shape index (κ2) is 24.7. The summed E-state index contributed by atoms with van der Waals surface area (Å²) in [4.78, 5) is 16.0. The largest absolute Gasteiger partial charge is 0.508 e. The van der Waals surface area contributed by atoms with Crippen LogP contribution in [0.1, 0.15) is 74.0 Å². The van der Waals surface area contributed by atoms with E-state index in [0.717, 1.165) is 37.8 Å². The van der Waals surface area contributed by atoms with Gasteiger partial charge in [-0.2, -0.15) is 0 Å². The minimum absolute atomic E-state index is 0.236. The van der Waals surface area contributed by atoms with Crippen molar-refractivity contribution in [2.45, 2.75) is 79.8 Å². The topological polar surface area (TPSA) is 91.0 Å². The molecule has 1 aliphatic heterocycles. The molecule has 6 heteroatoms. The van der Waals surface area contributed by atoms with E-state index in [1.807, 2.05) is 74.6 Å². The minimum Gasteiger partial charge on any atom is -0.508 e. The van der Waals surface area contributed by atoms with Crippen molar-refractivity contribution < 1.29 is 10.2 Å².